The quantitative estimate of drug-likeness (QED) is 0.292. The standard InChI is InChI=1S/C29H38OSi/c1-5-31(6-2,7-3)30-28(20-19-22(4)23-13-8-9-14-23)27-18-12-16-25-21-24-15-10-11-17-26(24)29(25)27/h8-13,15-18,22,28H,5-7,14,19-21H2,1-4H3. The average Bonchev–Trinajstić information content (AvgIpc) is 3.48. The fourth-order valence-electron chi connectivity index (χ4n) is 5.48. The van der Waals surface area contributed by atoms with Crippen LogP contribution in [0.2, 0.25) is 18.1 Å². The van der Waals surface area contributed by atoms with Crippen molar-refractivity contribution in [2.75, 3.05) is 0 Å². The van der Waals surface area contributed by atoms with Crippen molar-refractivity contribution < 1.29 is 4.43 Å². The minimum Gasteiger partial charge on any atom is -0.410 e. The number of hydrogen-bond donors (Lipinski definition) is 0. The molecule has 2 aliphatic rings. The summed E-state index contributed by atoms with van der Waals surface area (Å²) in [7, 11) is -1.72. The van der Waals surface area contributed by atoms with E-state index in [1.807, 2.05) is 0 Å². The first-order chi connectivity index (χ1) is 15.1. The molecule has 2 heteroatoms. The topological polar surface area (TPSA) is 9.23 Å². The average molecular weight is 431 g/mol. The van der Waals surface area contributed by atoms with Gasteiger partial charge in [-0.05, 0) is 77.6 Å². The third-order valence-electron chi connectivity index (χ3n) is 7.82. The van der Waals surface area contributed by atoms with Crippen LogP contribution in [0, 0.1) is 5.92 Å². The summed E-state index contributed by atoms with van der Waals surface area (Å²) in [6.45, 7) is 9.43. The molecule has 2 atom stereocenters. The summed E-state index contributed by atoms with van der Waals surface area (Å²) in [5, 5.41) is 0. The Labute approximate surface area is 190 Å². The highest BCUT2D eigenvalue weighted by atomic mass is 28.4. The minimum absolute atomic E-state index is 0.199. The van der Waals surface area contributed by atoms with Crippen LogP contribution in [0.15, 0.2) is 66.3 Å². The van der Waals surface area contributed by atoms with Gasteiger partial charge in [-0.25, -0.2) is 0 Å². The number of fused-ring (bicyclic) bond motifs is 3. The second kappa shape index (κ2) is 9.71. The molecule has 0 amide bonds. The highest BCUT2D eigenvalue weighted by Crippen LogP contribution is 2.44. The summed E-state index contributed by atoms with van der Waals surface area (Å²) >= 11 is 0. The van der Waals surface area contributed by atoms with Gasteiger partial charge in [0.15, 0.2) is 8.32 Å². The second-order valence-electron chi connectivity index (χ2n) is 9.42. The Hall–Kier alpha value is -1.90. The van der Waals surface area contributed by atoms with Crippen molar-refractivity contribution in [1.29, 1.82) is 0 Å². The van der Waals surface area contributed by atoms with E-state index in [0.29, 0.717) is 5.92 Å². The lowest BCUT2D eigenvalue weighted by molar-refractivity contribution is 0.172. The smallest absolute Gasteiger partial charge is 0.192 e. The molecule has 0 radical (unpaired) electrons. The molecule has 2 aliphatic carbocycles. The summed E-state index contributed by atoms with van der Waals surface area (Å²) in [4.78, 5) is 0. The molecule has 31 heavy (non-hydrogen) atoms. The van der Waals surface area contributed by atoms with E-state index in [9.17, 15) is 0 Å². The van der Waals surface area contributed by atoms with E-state index in [-0.39, 0.29) is 6.10 Å². The van der Waals surface area contributed by atoms with Crippen LogP contribution in [-0.2, 0) is 10.8 Å². The Kier molecular flexibility index (Phi) is 6.98. The minimum atomic E-state index is -1.72. The van der Waals surface area contributed by atoms with E-state index in [0.717, 1.165) is 19.3 Å². The molecule has 4 rings (SSSR count). The van der Waals surface area contributed by atoms with E-state index in [1.54, 1.807) is 5.57 Å². The highest BCUT2D eigenvalue weighted by molar-refractivity contribution is 6.73. The summed E-state index contributed by atoms with van der Waals surface area (Å²) < 4.78 is 7.23. The molecule has 2 unspecified atom stereocenters. The number of allylic oxidation sites excluding steroid dienone is 4. The summed E-state index contributed by atoms with van der Waals surface area (Å²) in [5.41, 5.74) is 8.83. The van der Waals surface area contributed by atoms with Crippen molar-refractivity contribution in [3.05, 3.63) is 83.0 Å². The molecule has 164 valence electrons. The van der Waals surface area contributed by atoms with Crippen molar-refractivity contribution in [3.8, 4) is 11.1 Å². The fourth-order valence-corrected chi connectivity index (χ4v) is 8.33. The normalized spacial score (nSPS) is 16.7. The zero-order valence-electron chi connectivity index (χ0n) is 19.8. The molecule has 0 saturated heterocycles. The lowest BCUT2D eigenvalue weighted by Crippen LogP contribution is -2.37. The largest absolute Gasteiger partial charge is 0.410 e. The van der Waals surface area contributed by atoms with Gasteiger partial charge < -0.3 is 4.43 Å². The Morgan fingerprint density at radius 1 is 0.903 bits per heavy atom. The summed E-state index contributed by atoms with van der Waals surface area (Å²) in [5.74, 6) is 0.617. The second-order valence-corrected chi connectivity index (χ2v) is 14.1. The molecule has 2 aromatic rings. The molecule has 0 aliphatic heterocycles. The molecule has 0 bridgehead atoms. The van der Waals surface area contributed by atoms with Crippen molar-refractivity contribution in [2.45, 2.75) is 77.6 Å². The molecular weight excluding hydrogens is 392 g/mol. The molecule has 0 saturated carbocycles. The number of rotatable bonds is 10. The maximum Gasteiger partial charge on any atom is 0.192 e. The molecular formula is C29H38OSi. The van der Waals surface area contributed by atoms with Crippen LogP contribution < -0.4 is 0 Å². The number of hydrogen-bond acceptors (Lipinski definition) is 1. The third-order valence-corrected chi connectivity index (χ3v) is 12.5. The predicted molar refractivity (Wildman–Crippen MR) is 136 cm³/mol. The zero-order valence-corrected chi connectivity index (χ0v) is 20.8. The van der Waals surface area contributed by atoms with Crippen molar-refractivity contribution in [2.24, 2.45) is 5.92 Å². The van der Waals surface area contributed by atoms with Crippen molar-refractivity contribution in [3.63, 3.8) is 0 Å². The first kappa shape index (κ1) is 22.3. The molecule has 0 heterocycles. The molecule has 1 nitrogen and oxygen atoms in total. The van der Waals surface area contributed by atoms with Gasteiger partial charge >= 0.3 is 0 Å². The van der Waals surface area contributed by atoms with Gasteiger partial charge in [-0.1, -0.05) is 94.0 Å². The predicted octanol–water partition coefficient (Wildman–Crippen LogP) is 8.62. The lowest BCUT2D eigenvalue weighted by atomic mass is 9.89. The van der Waals surface area contributed by atoms with Crippen LogP contribution in [0.3, 0.4) is 0 Å². The maximum atomic E-state index is 7.23. The molecule has 0 aromatic heterocycles. The van der Waals surface area contributed by atoms with Gasteiger partial charge in [0.25, 0.3) is 0 Å². The highest BCUT2D eigenvalue weighted by Gasteiger charge is 2.34. The summed E-state index contributed by atoms with van der Waals surface area (Å²) in [6.07, 6.45) is 11.5. The molecule has 0 N–H and O–H groups in total. The SMILES string of the molecule is CC[Si](CC)(CC)OC(CCC(C)C1=CC=CC1)c1cccc2c1-c1ccccc1C2. The van der Waals surface area contributed by atoms with E-state index >= 15 is 0 Å². The fraction of sp³-hybridized carbons (Fsp3) is 0.448. The summed E-state index contributed by atoms with van der Waals surface area (Å²) in [6, 6.07) is 19.5. The van der Waals surface area contributed by atoms with Gasteiger partial charge in [0.1, 0.15) is 0 Å². The Balaban J connectivity index is 1.68. The van der Waals surface area contributed by atoms with Crippen LogP contribution >= 0.6 is 0 Å². The van der Waals surface area contributed by atoms with Gasteiger partial charge in [0.05, 0.1) is 6.10 Å². The maximum absolute atomic E-state index is 7.23. The van der Waals surface area contributed by atoms with Crippen LogP contribution in [-0.4, -0.2) is 8.32 Å². The van der Waals surface area contributed by atoms with Crippen LogP contribution in [0.5, 0.6) is 0 Å². The van der Waals surface area contributed by atoms with Gasteiger partial charge in [-0.15, -0.1) is 0 Å². The van der Waals surface area contributed by atoms with Crippen LogP contribution in [0.1, 0.15) is 69.8 Å². The molecule has 0 spiro atoms. The lowest BCUT2D eigenvalue weighted by Gasteiger charge is -2.35. The monoisotopic (exact) mass is 430 g/mol. The zero-order chi connectivity index (χ0) is 21.8. The molecule has 2 aromatic carbocycles. The number of benzene rings is 2. The van der Waals surface area contributed by atoms with E-state index < -0.39 is 8.32 Å². The van der Waals surface area contributed by atoms with E-state index in [2.05, 4.69) is 88.4 Å². The third kappa shape index (κ3) is 4.52. The van der Waals surface area contributed by atoms with Gasteiger partial charge in [0, 0.05) is 0 Å². The first-order valence-electron chi connectivity index (χ1n) is 12.3. The first-order valence-corrected chi connectivity index (χ1v) is 14.9. The van der Waals surface area contributed by atoms with Gasteiger partial charge in [0.2, 0.25) is 0 Å². The Morgan fingerprint density at radius 3 is 2.35 bits per heavy atom. The van der Waals surface area contributed by atoms with Crippen molar-refractivity contribution >= 4 is 8.32 Å². The molecule has 0 fully saturated rings. The van der Waals surface area contributed by atoms with E-state index in [1.165, 1.54) is 52.4 Å². The Bertz CT molecular complexity index is 958. The van der Waals surface area contributed by atoms with E-state index in [4.69, 9.17) is 4.43 Å². The Morgan fingerprint density at radius 2 is 1.65 bits per heavy atom. The van der Waals surface area contributed by atoms with Crippen molar-refractivity contribution in [1.82, 2.24) is 0 Å². The van der Waals surface area contributed by atoms with Gasteiger partial charge in [-0.2, -0.15) is 0 Å². The van der Waals surface area contributed by atoms with Gasteiger partial charge in [-0.3, -0.25) is 0 Å². The van der Waals surface area contributed by atoms with Crippen LogP contribution in [0.25, 0.3) is 11.1 Å². The van der Waals surface area contributed by atoms with Crippen LogP contribution in [0.4, 0.5) is 0 Å².